The molecular formula is C24H22ClN3O5S. The Morgan fingerprint density at radius 3 is 2.38 bits per heavy atom. The number of benzene rings is 3. The molecule has 176 valence electrons. The number of sulfonamides is 1. The molecule has 3 aromatic carbocycles. The van der Waals surface area contributed by atoms with Crippen LogP contribution in [0.2, 0.25) is 5.02 Å². The molecule has 0 spiro atoms. The van der Waals surface area contributed by atoms with Gasteiger partial charge in [0.1, 0.15) is 19.8 Å². The third kappa shape index (κ3) is 5.32. The van der Waals surface area contributed by atoms with E-state index in [1.807, 2.05) is 0 Å². The summed E-state index contributed by atoms with van der Waals surface area (Å²) in [6, 6.07) is 19.5. The molecule has 1 amide bonds. The zero-order chi connectivity index (χ0) is 24.1. The van der Waals surface area contributed by atoms with Crippen LogP contribution in [0.15, 0.2) is 82.8 Å². The van der Waals surface area contributed by atoms with E-state index in [2.05, 4.69) is 10.5 Å². The van der Waals surface area contributed by atoms with Crippen molar-refractivity contribution in [1.82, 2.24) is 5.43 Å². The summed E-state index contributed by atoms with van der Waals surface area (Å²) in [5.74, 6) is 0.649. The monoisotopic (exact) mass is 499 g/mol. The molecule has 0 atom stereocenters. The van der Waals surface area contributed by atoms with Crippen LogP contribution < -0.4 is 19.2 Å². The van der Waals surface area contributed by atoms with Crippen LogP contribution in [0.3, 0.4) is 0 Å². The van der Waals surface area contributed by atoms with Crippen LogP contribution in [0.1, 0.15) is 12.5 Å². The molecule has 0 unspecified atom stereocenters. The summed E-state index contributed by atoms with van der Waals surface area (Å²) in [6.45, 7) is 2.20. The summed E-state index contributed by atoms with van der Waals surface area (Å²) in [7, 11) is -4.01. The zero-order valence-electron chi connectivity index (χ0n) is 18.3. The molecule has 8 nitrogen and oxygen atoms in total. The summed E-state index contributed by atoms with van der Waals surface area (Å²) >= 11 is 5.96. The molecule has 1 N–H and O–H groups in total. The molecule has 3 aromatic rings. The average molecular weight is 500 g/mol. The minimum absolute atomic E-state index is 0.0636. The largest absolute Gasteiger partial charge is 0.486 e. The maximum Gasteiger partial charge on any atom is 0.264 e. The van der Waals surface area contributed by atoms with E-state index in [1.165, 1.54) is 12.1 Å². The van der Waals surface area contributed by atoms with Crippen molar-refractivity contribution in [3.8, 4) is 11.5 Å². The molecule has 4 rings (SSSR count). The number of nitrogens with zero attached hydrogens (tertiary/aromatic N) is 2. The van der Waals surface area contributed by atoms with Crippen LogP contribution in [-0.4, -0.2) is 39.8 Å². The fourth-order valence-electron chi connectivity index (χ4n) is 3.29. The van der Waals surface area contributed by atoms with Gasteiger partial charge in [0.25, 0.3) is 15.9 Å². The number of anilines is 1. The van der Waals surface area contributed by atoms with Crippen molar-refractivity contribution < 1.29 is 22.7 Å². The highest BCUT2D eigenvalue weighted by Gasteiger charge is 2.27. The number of hydrogen-bond donors (Lipinski definition) is 1. The summed E-state index contributed by atoms with van der Waals surface area (Å²) < 4.78 is 38.7. The van der Waals surface area contributed by atoms with E-state index >= 15 is 0 Å². The molecule has 34 heavy (non-hydrogen) atoms. The fraction of sp³-hybridized carbons (Fsp3) is 0.167. The van der Waals surface area contributed by atoms with Crippen LogP contribution in [0.4, 0.5) is 5.69 Å². The number of amides is 1. The fourth-order valence-corrected chi connectivity index (χ4v) is 4.86. The Balaban J connectivity index is 1.54. The van der Waals surface area contributed by atoms with Gasteiger partial charge in [0.2, 0.25) is 0 Å². The van der Waals surface area contributed by atoms with E-state index in [4.69, 9.17) is 21.1 Å². The first-order valence-corrected chi connectivity index (χ1v) is 12.2. The third-order valence-corrected chi connectivity index (χ3v) is 7.08. The molecule has 1 heterocycles. The molecule has 0 fully saturated rings. The van der Waals surface area contributed by atoms with Gasteiger partial charge < -0.3 is 9.47 Å². The maximum atomic E-state index is 13.3. The summed E-state index contributed by atoms with van der Waals surface area (Å²) in [5.41, 5.74) is 4.00. The van der Waals surface area contributed by atoms with Crippen LogP contribution >= 0.6 is 11.6 Å². The van der Waals surface area contributed by atoms with Gasteiger partial charge in [-0.2, -0.15) is 5.10 Å². The molecule has 0 bridgehead atoms. The van der Waals surface area contributed by atoms with Gasteiger partial charge in [-0.1, -0.05) is 29.8 Å². The van der Waals surface area contributed by atoms with Gasteiger partial charge in [-0.15, -0.1) is 0 Å². The number of halogens is 1. The molecule has 0 radical (unpaired) electrons. The number of ether oxygens (including phenoxy) is 2. The van der Waals surface area contributed by atoms with E-state index in [0.717, 1.165) is 9.87 Å². The Hall–Kier alpha value is -3.56. The van der Waals surface area contributed by atoms with Gasteiger partial charge in [0.05, 0.1) is 16.3 Å². The maximum absolute atomic E-state index is 13.3. The molecule has 0 aliphatic carbocycles. The van der Waals surface area contributed by atoms with E-state index < -0.39 is 22.5 Å². The van der Waals surface area contributed by atoms with Crippen molar-refractivity contribution in [2.45, 2.75) is 11.8 Å². The highest BCUT2D eigenvalue weighted by molar-refractivity contribution is 7.92. The van der Waals surface area contributed by atoms with Crippen LogP contribution in [0.25, 0.3) is 0 Å². The molecule has 0 aromatic heterocycles. The Morgan fingerprint density at radius 1 is 1.00 bits per heavy atom. The summed E-state index contributed by atoms with van der Waals surface area (Å²) in [4.78, 5) is 12.8. The lowest BCUT2D eigenvalue weighted by atomic mass is 10.1. The van der Waals surface area contributed by atoms with Gasteiger partial charge in [0, 0.05) is 10.6 Å². The van der Waals surface area contributed by atoms with Crippen molar-refractivity contribution in [1.29, 1.82) is 0 Å². The molecule has 1 aliphatic rings. The van der Waals surface area contributed by atoms with Crippen LogP contribution in [0, 0.1) is 0 Å². The van der Waals surface area contributed by atoms with E-state index in [1.54, 1.807) is 67.6 Å². The third-order valence-electron chi connectivity index (χ3n) is 5.04. The van der Waals surface area contributed by atoms with Crippen molar-refractivity contribution in [2.24, 2.45) is 5.10 Å². The van der Waals surface area contributed by atoms with Gasteiger partial charge in [0.15, 0.2) is 11.5 Å². The standard InChI is InChI=1S/C24H22ClN3O5S/c1-17(18-7-12-22-23(15-18)33-14-13-32-22)26-27-24(29)16-28(20-10-8-19(25)9-11-20)34(30,31)21-5-3-2-4-6-21/h2-12,15H,13-14,16H2,1H3,(H,27,29)/b26-17-. The number of fused-ring (bicyclic) bond motifs is 1. The van der Waals surface area contributed by atoms with Crippen molar-refractivity contribution in [3.63, 3.8) is 0 Å². The smallest absolute Gasteiger partial charge is 0.264 e. The predicted molar refractivity (Wildman–Crippen MR) is 130 cm³/mol. The van der Waals surface area contributed by atoms with Crippen LogP contribution in [0.5, 0.6) is 11.5 Å². The van der Waals surface area contributed by atoms with E-state index in [0.29, 0.717) is 41.1 Å². The lowest BCUT2D eigenvalue weighted by Crippen LogP contribution is -2.39. The van der Waals surface area contributed by atoms with Gasteiger partial charge >= 0.3 is 0 Å². The minimum Gasteiger partial charge on any atom is -0.486 e. The topological polar surface area (TPSA) is 97.3 Å². The van der Waals surface area contributed by atoms with E-state index in [-0.39, 0.29) is 4.90 Å². The van der Waals surface area contributed by atoms with Crippen molar-refractivity contribution >= 4 is 38.9 Å². The van der Waals surface area contributed by atoms with Gasteiger partial charge in [-0.3, -0.25) is 9.10 Å². The second-order valence-corrected chi connectivity index (χ2v) is 9.69. The SMILES string of the molecule is C/C(=N/NC(=O)CN(c1ccc(Cl)cc1)S(=O)(=O)c1ccccc1)c1ccc2c(c1)OCCO2. The Bertz CT molecular complexity index is 1310. The Kier molecular flexibility index (Phi) is 7.04. The van der Waals surface area contributed by atoms with E-state index in [9.17, 15) is 13.2 Å². The number of nitrogens with one attached hydrogen (secondary N) is 1. The molecule has 0 saturated carbocycles. The summed E-state index contributed by atoms with van der Waals surface area (Å²) in [6.07, 6.45) is 0. The minimum atomic E-state index is -4.01. The van der Waals surface area contributed by atoms with Gasteiger partial charge in [-0.25, -0.2) is 13.8 Å². The van der Waals surface area contributed by atoms with Crippen LogP contribution in [-0.2, 0) is 14.8 Å². The van der Waals surface area contributed by atoms with Crippen molar-refractivity contribution in [2.75, 3.05) is 24.1 Å². The molecule has 10 heteroatoms. The lowest BCUT2D eigenvalue weighted by molar-refractivity contribution is -0.119. The Labute approximate surface area is 202 Å². The second-order valence-electron chi connectivity index (χ2n) is 7.39. The zero-order valence-corrected chi connectivity index (χ0v) is 19.8. The van der Waals surface area contributed by atoms with Crippen molar-refractivity contribution in [3.05, 3.63) is 83.4 Å². The normalized spacial score (nSPS) is 13.3. The number of hydrazone groups is 1. The quantitative estimate of drug-likeness (QED) is 0.393. The Morgan fingerprint density at radius 2 is 1.68 bits per heavy atom. The number of rotatable bonds is 7. The van der Waals surface area contributed by atoms with Gasteiger partial charge in [-0.05, 0) is 61.5 Å². The number of carbonyl (C=O) groups is 1. The number of hydrogen-bond acceptors (Lipinski definition) is 6. The lowest BCUT2D eigenvalue weighted by Gasteiger charge is -2.23. The molecule has 1 aliphatic heterocycles. The summed E-state index contributed by atoms with van der Waals surface area (Å²) in [5, 5.41) is 4.59. The second kappa shape index (κ2) is 10.1. The highest BCUT2D eigenvalue weighted by atomic mass is 35.5. The average Bonchev–Trinajstić information content (AvgIpc) is 2.86. The number of carbonyl (C=O) groups excluding carboxylic acids is 1. The first-order chi connectivity index (χ1) is 16.3. The molecule has 0 saturated heterocycles. The first kappa shape index (κ1) is 23.6. The highest BCUT2D eigenvalue weighted by Crippen LogP contribution is 2.31. The molecular weight excluding hydrogens is 478 g/mol. The first-order valence-electron chi connectivity index (χ1n) is 10.4. The predicted octanol–water partition coefficient (Wildman–Crippen LogP) is 3.85.